The van der Waals surface area contributed by atoms with Crippen molar-refractivity contribution < 1.29 is 9.59 Å². The molecule has 24 heavy (non-hydrogen) atoms. The van der Waals surface area contributed by atoms with E-state index in [1.54, 1.807) is 45.0 Å². The number of halogens is 2. The minimum atomic E-state index is -0.663. The molecule has 7 heteroatoms. The summed E-state index contributed by atoms with van der Waals surface area (Å²) in [5.41, 5.74) is 2.67. The van der Waals surface area contributed by atoms with Crippen molar-refractivity contribution in [3.05, 3.63) is 63.9 Å². The molecule has 1 N–H and O–H groups in total. The van der Waals surface area contributed by atoms with Crippen molar-refractivity contribution in [1.82, 2.24) is 15.4 Å². The molecule has 0 radical (unpaired) electrons. The van der Waals surface area contributed by atoms with Crippen LogP contribution in [-0.4, -0.2) is 27.3 Å². The number of rotatable bonds is 2. The van der Waals surface area contributed by atoms with Gasteiger partial charge >= 0.3 is 0 Å². The summed E-state index contributed by atoms with van der Waals surface area (Å²) in [6.07, 6.45) is 0. The highest BCUT2D eigenvalue weighted by Gasteiger charge is 2.30. The lowest BCUT2D eigenvalue weighted by Gasteiger charge is -2.35. The van der Waals surface area contributed by atoms with Crippen LogP contribution in [-0.2, 0) is 0 Å². The Morgan fingerprint density at radius 2 is 1.54 bits per heavy atom. The molecule has 0 saturated carbocycles. The van der Waals surface area contributed by atoms with E-state index in [-0.39, 0.29) is 21.8 Å². The molecule has 1 heterocycles. The first kappa shape index (κ1) is 18.2. The van der Waals surface area contributed by atoms with Crippen LogP contribution in [0.1, 0.15) is 41.5 Å². The van der Waals surface area contributed by atoms with E-state index in [4.69, 9.17) is 23.2 Å². The Hall–Kier alpha value is -2.11. The van der Waals surface area contributed by atoms with Crippen LogP contribution in [0.3, 0.4) is 0 Å². The Morgan fingerprint density at radius 1 is 1.00 bits per heavy atom. The number of hydrogen-bond acceptors (Lipinski definition) is 3. The summed E-state index contributed by atoms with van der Waals surface area (Å²) < 4.78 is 0. The first-order chi connectivity index (χ1) is 11.2. The first-order valence-corrected chi connectivity index (χ1v) is 7.98. The Bertz CT molecular complexity index is 738. The van der Waals surface area contributed by atoms with Crippen molar-refractivity contribution in [1.29, 1.82) is 0 Å². The molecule has 0 spiro atoms. The van der Waals surface area contributed by atoms with Gasteiger partial charge in [-0.2, -0.15) is 0 Å². The molecule has 0 aliphatic carbocycles. The summed E-state index contributed by atoms with van der Waals surface area (Å²) in [4.78, 5) is 29.1. The standard InChI is InChI=1S/C17H17Cl2N3O2/c1-17(2,3)22(21-15(23)11-7-5-4-6-8-11)16(24)12-9-13(18)20-14(19)10-12/h4-10H,1-3H3,(H,21,23). The Morgan fingerprint density at radius 3 is 2.04 bits per heavy atom. The largest absolute Gasteiger partial charge is 0.273 e. The maximum Gasteiger partial charge on any atom is 0.273 e. The molecule has 0 atom stereocenters. The van der Waals surface area contributed by atoms with E-state index in [2.05, 4.69) is 10.4 Å². The monoisotopic (exact) mass is 365 g/mol. The highest BCUT2D eigenvalue weighted by Crippen LogP contribution is 2.20. The van der Waals surface area contributed by atoms with Crippen LogP contribution < -0.4 is 5.43 Å². The number of pyridine rings is 1. The number of nitrogens with zero attached hydrogens (tertiary/aromatic N) is 2. The van der Waals surface area contributed by atoms with Gasteiger partial charge in [0.05, 0.1) is 5.54 Å². The average Bonchev–Trinajstić information content (AvgIpc) is 2.50. The molecule has 5 nitrogen and oxygen atoms in total. The van der Waals surface area contributed by atoms with Gasteiger partial charge in [0.25, 0.3) is 11.8 Å². The van der Waals surface area contributed by atoms with Gasteiger partial charge in [0.2, 0.25) is 0 Å². The van der Waals surface area contributed by atoms with E-state index in [0.717, 1.165) is 0 Å². The van der Waals surface area contributed by atoms with Crippen molar-refractivity contribution in [3.8, 4) is 0 Å². The summed E-state index contributed by atoms with van der Waals surface area (Å²) in [6.45, 7) is 5.42. The molecule has 2 amide bonds. The van der Waals surface area contributed by atoms with Gasteiger partial charge in [-0.1, -0.05) is 41.4 Å². The highest BCUT2D eigenvalue weighted by molar-refractivity contribution is 6.33. The molecule has 0 fully saturated rings. The van der Waals surface area contributed by atoms with Gasteiger partial charge in [-0.3, -0.25) is 15.0 Å². The van der Waals surface area contributed by atoms with Gasteiger partial charge in [0, 0.05) is 11.1 Å². The Kier molecular flexibility index (Phi) is 5.47. The van der Waals surface area contributed by atoms with Crippen LogP contribution in [0.15, 0.2) is 42.5 Å². The summed E-state index contributed by atoms with van der Waals surface area (Å²) in [5, 5.41) is 1.47. The normalized spacial score (nSPS) is 11.0. The second kappa shape index (κ2) is 7.20. The van der Waals surface area contributed by atoms with E-state index in [9.17, 15) is 9.59 Å². The molecule has 2 rings (SSSR count). The molecular weight excluding hydrogens is 349 g/mol. The van der Waals surface area contributed by atoms with Crippen molar-refractivity contribution >= 4 is 35.0 Å². The number of hydrogen-bond donors (Lipinski definition) is 1. The highest BCUT2D eigenvalue weighted by atomic mass is 35.5. The molecule has 0 saturated heterocycles. The lowest BCUT2D eigenvalue weighted by molar-refractivity contribution is 0.0358. The SMILES string of the molecule is CC(C)(C)N(NC(=O)c1ccccc1)C(=O)c1cc(Cl)nc(Cl)c1. The molecule has 0 aliphatic heterocycles. The third kappa shape index (κ3) is 4.46. The average molecular weight is 366 g/mol. The third-order valence-electron chi connectivity index (χ3n) is 3.13. The quantitative estimate of drug-likeness (QED) is 0.646. The predicted octanol–water partition coefficient (Wildman–Crippen LogP) is 3.97. The lowest BCUT2D eigenvalue weighted by Crippen LogP contribution is -2.55. The van der Waals surface area contributed by atoms with E-state index in [1.165, 1.54) is 17.1 Å². The molecule has 0 unspecified atom stereocenters. The van der Waals surface area contributed by atoms with Crippen molar-refractivity contribution in [2.75, 3.05) is 0 Å². The third-order valence-corrected chi connectivity index (χ3v) is 3.52. The molecule has 1 aromatic heterocycles. The topological polar surface area (TPSA) is 62.3 Å². The predicted molar refractivity (Wildman–Crippen MR) is 94.1 cm³/mol. The maximum atomic E-state index is 12.8. The van der Waals surface area contributed by atoms with Crippen LogP contribution in [0.2, 0.25) is 10.3 Å². The zero-order valence-electron chi connectivity index (χ0n) is 13.5. The van der Waals surface area contributed by atoms with Crippen LogP contribution in [0.5, 0.6) is 0 Å². The zero-order valence-corrected chi connectivity index (χ0v) is 15.0. The molecule has 0 aliphatic rings. The minimum Gasteiger partial charge on any atom is -0.267 e. The number of nitrogens with one attached hydrogen (secondary N) is 1. The van der Waals surface area contributed by atoms with Crippen LogP contribution in [0.4, 0.5) is 0 Å². The summed E-state index contributed by atoms with van der Waals surface area (Å²) in [6, 6.07) is 11.5. The van der Waals surface area contributed by atoms with Gasteiger partial charge in [-0.25, -0.2) is 9.99 Å². The molecule has 126 valence electrons. The second-order valence-corrected chi connectivity index (χ2v) is 6.89. The van der Waals surface area contributed by atoms with Gasteiger partial charge < -0.3 is 0 Å². The number of aromatic nitrogens is 1. The minimum absolute atomic E-state index is 0.106. The van der Waals surface area contributed by atoms with Crippen molar-refractivity contribution in [3.63, 3.8) is 0 Å². The summed E-state index contributed by atoms with van der Waals surface area (Å²) >= 11 is 11.7. The van der Waals surface area contributed by atoms with Gasteiger partial charge in [0.1, 0.15) is 10.3 Å². The number of amides is 2. The van der Waals surface area contributed by atoms with Crippen molar-refractivity contribution in [2.45, 2.75) is 26.3 Å². The van der Waals surface area contributed by atoms with E-state index in [1.807, 2.05) is 6.07 Å². The van der Waals surface area contributed by atoms with Crippen LogP contribution >= 0.6 is 23.2 Å². The van der Waals surface area contributed by atoms with Crippen LogP contribution in [0.25, 0.3) is 0 Å². The van der Waals surface area contributed by atoms with Gasteiger partial charge in [-0.15, -0.1) is 0 Å². The molecule has 1 aromatic carbocycles. The Labute approximate surface area is 150 Å². The van der Waals surface area contributed by atoms with Crippen molar-refractivity contribution in [2.24, 2.45) is 0 Å². The fraction of sp³-hybridized carbons (Fsp3) is 0.235. The lowest BCUT2D eigenvalue weighted by atomic mass is 10.1. The Balaban J connectivity index is 2.32. The zero-order chi connectivity index (χ0) is 17.9. The smallest absolute Gasteiger partial charge is 0.267 e. The number of carbonyl (C=O) groups is 2. The fourth-order valence-electron chi connectivity index (χ4n) is 2.00. The number of carbonyl (C=O) groups excluding carboxylic acids is 2. The number of hydrazine groups is 1. The molecule has 2 aromatic rings. The number of benzene rings is 1. The van der Waals surface area contributed by atoms with E-state index >= 15 is 0 Å². The maximum absolute atomic E-state index is 12.8. The van der Waals surface area contributed by atoms with Crippen LogP contribution in [0, 0.1) is 0 Å². The molecule has 0 bridgehead atoms. The fourth-order valence-corrected chi connectivity index (χ4v) is 2.46. The van der Waals surface area contributed by atoms with E-state index < -0.39 is 11.4 Å². The second-order valence-electron chi connectivity index (χ2n) is 6.12. The van der Waals surface area contributed by atoms with E-state index in [0.29, 0.717) is 5.56 Å². The summed E-state index contributed by atoms with van der Waals surface area (Å²) in [7, 11) is 0. The van der Waals surface area contributed by atoms with Gasteiger partial charge in [0.15, 0.2) is 0 Å². The van der Waals surface area contributed by atoms with Gasteiger partial charge in [-0.05, 0) is 45.0 Å². The summed E-state index contributed by atoms with van der Waals surface area (Å²) in [5.74, 6) is -0.817. The molecular formula is C17H17Cl2N3O2. The first-order valence-electron chi connectivity index (χ1n) is 7.22.